The van der Waals surface area contributed by atoms with E-state index in [0.29, 0.717) is 17.1 Å². The molecule has 0 unspecified atom stereocenters. The maximum atomic E-state index is 8.95. The summed E-state index contributed by atoms with van der Waals surface area (Å²) in [5, 5.41) is 18.5. The number of nitriles is 2. The second-order valence-electron chi connectivity index (χ2n) is 3.92. The Morgan fingerprint density at radius 2 is 1.83 bits per heavy atom. The first-order valence-corrected chi connectivity index (χ1v) is 5.60. The summed E-state index contributed by atoms with van der Waals surface area (Å²) >= 11 is 5.94. The van der Waals surface area contributed by atoms with Crippen LogP contribution in [0.25, 0.3) is 11.3 Å². The van der Waals surface area contributed by atoms with Crippen molar-refractivity contribution < 1.29 is 0 Å². The summed E-state index contributed by atoms with van der Waals surface area (Å²) < 4.78 is 0. The van der Waals surface area contributed by atoms with Gasteiger partial charge in [0.05, 0.1) is 11.4 Å². The van der Waals surface area contributed by atoms with E-state index >= 15 is 0 Å². The molecule has 0 saturated heterocycles. The van der Waals surface area contributed by atoms with Gasteiger partial charge in [-0.15, -0.1) is 0 Å². The predicted molar refractivity (Wildman–Crippen MR) is 64.7 cm³/mol. The van der Waals surface area contributed by atoms with Crippen molar-refractivity contribution in [3.05, 3.63) is 45.9 Å². The van der Waals surface area contributed by atoms with Gasteiger partial charge in [0.2, 0.25) is 0 Å². The van der Waals surface area contributed by atoms with E-state index in [1.54, 1.807) is 6.07 Å². The zero-order valence-corrected chi connectivity index (χ0v) is 9.86. The first-order chi connectivity index (χ1) is 8.72. The smallest absolute Gasteiger partial charge is 0.177 e. The fourth-order valence-corrected chi connectivity index (χ4v) is 2.28. The van der Waals surface area contributed by atoms with Crippen molar-refractivity contribution in [1.29, 1.82) is 10.5 Å². The predicted octanol–water partition coefficient (Wildman–Crippen LogP) is 2.44. The van der Waals surface area contributed by atoms with Crippen molar-refractivity contribution >= 4 is 11.6 Å². The summed E-state index contributed by atoms with van der Waals surface area (Å²) in [5.74, 6) is 0. The van der Waals surface area contributed by atoms with E-state index in [1.165, 1.54) is 0 Å². The lowest BCUT2D eigenvalue weighted by atomic mass is 10.1. The molecule has 18 heavy (non-hydrogen) atoms. The molecule has 0 spiro atoms. The Morgan fingerprint density at radius 1 is 1.11 bits per heavy atom. The van der Waals surface area contributed by atoms with Gasteiger partial charge in [-0.2, -0.15) is 10.5 Å². The van der Waals surface area contributed by atoms with Crippen molar-refractivity contribution in [2.24, 2.45) is 0 Å². The number of hydrogen-bond acceptors (Lipinski definition) is 4. The standard InChI is InChI=1S/C13H5ClN4/c14-8-1-2-9-7(3-8)4-10-13(9)18-12(6-16)11(5-15)17-10/h1-3H,4H2. The number of aromatic nitrogens is 2. The van der Waals surface area contributed by atoms with E-state index in [2.05, 4.69) is 9.97 Å². The summed E-state index contributed by atoms with van der Waals surface area (Å²) in [5.41, 5.74) is 3.51. The van der Waals surface area contributed by atoms with E-state index in [1.807, 2.05) is 24.3 Å². The zero-order chi connectivity index (χ0) is 12.7. The summed E-state index contributed by atoms with van der Waals surface area (Å²) in [6, 6.07) is 9.29. The molecular weight excluding hydrogens is 248 g/mol. The van der Waals surface area contributed by atoms with Gasteiger partial charge in [0, 0.05) is 17.0 Å². The van der Waals surface area contributed by atoms with Gasteiger partial charge in [-0.05, 0) is 17.7 Å². The molecule has 0 N–H and O–H groups in total. The summed E-state index contributed by atoms with van der Waals surface area (Å²) in [4.78, 5) is 8.42. The van der Waals surface area contributed by atoms with Crippen LogP contribution in [0.1, 0.15) is 22.6 Å². The lowest BCUT2D eigenvalue weighted by Crippen LogP contribution is -1.99. The van der Waals surface area contributed by atoms with Gasteiger partial charge in [0.15, 0.2) is 11.4 Å². The number of hydrogen-bond donors (Lipinski definition) is 0. The van der Waals surface area contributed by atoms with E-state index in [4.69, 9.17) is 22.1 Å². The Morgan fingerprint density at radius 3 is 2.56 bits per heavy atom. The quantitative estimate of drug-likeness (QED) is 0.616. The van der Waals surface area contributed by atoms with Crippen molar-refractivity contribution in [2.45, 2.75) is 6.42 Å². The van der Waals surface area contributed by atoms with Crippen LogP contribution in [0.4, 0.5) is 0 Å². The highest BCUT2D eigenvalue weighted by molar-refractivity contribution is 6.30. The molecule has 84 valence electrons. The van der Waals surface area contributed by atoms with Crippen LogP contribution in [0.3, 0.4) is 0 Å². The molecule has 1 heterocycles. The van der Waals surface area contributed by atoms with E-state index < -0.39 is 0 Å². The molecule has 1 aliphatic rings. The number of nitrogens with zero attached hydrogens (tertiary/aromatic N) is 4. The third-order valence-corrected chi connectivity index (χ3v) is 3.10. The second kappa shape index (κ2) is 3.80. The second-order valence-corrected chi connectivity index (χ2v) is 4.35. The van der Waals surface area contributed by atoms with Crippen molar-refractivity contribution in [3.8, 4) is 23.4 Å². The maximum absolute atomic E-state index is 8.95. The molecular formula is C13H5ClN4. The van der Waals surface area contributed by atoms with Crippen molar-refractivity contribution in [3.63, 3.8) is 0 Å². The largest absolute Gasteiger partial charge is 0.237 e. The fourth-order valence-electron chi connectivity index (χ4n) is 2.08. The lowest BCUT2D eigenvalue weighted by Gasteiger charge is -2.01. The average molecular weight is 253 g/mol. The molecule has 1 aliphatic carbocycles. The minimum atomic E-state index is 0.0686. The molecule has 0 radical (unpaired) electrons. The number of benzene rings is 1. The maximum Gasteiger partial charge on any atom is 0.177 e. The number of rotatable bonds is 0. The van der Waals surface area contributed by atoms with Gasteiger partial charge in [-0.1, -0.05) is 17.7 Å². The third-order valence-electron chi connectivity index (χ3n) is 2.86. The fraction of sp³-hybridized carbons (Fsp3) is 0.0769. The van der Waals surface area contributed by atoms with Gasteiger partial charge < -0.3 is 0 Å². The molecule has 0 amide bonds. The highest BCUT2D eigenvalue weighted by atomic mass is 35.5. The van der Waals surface area contributed by atoms with Crippen LogP contribution in [0, 0.1) is 22.7 Å². The van der Waals surface area contributed by atoms with E-state index in [9.17, 15) is 0 Å². The van der Waals surface area contributed by atoms with Gasteiger partial charge in [-0.25, -0.2) is 9.97 Å². The van der Waals surface area contributed by atoms with Gasteiger partial charge in [-0.3, -0.25) is 0 Å². The van der Waals surface area contributed by atoms with Crippen LogP contribution in [0.2, 0.25) is 5.02 Å². The Bertz CT molecular complexity index is 753. The van der Waals surface area contributed by atoms with E-state index in [-0.39, 0.29) is 11.4 Å². The summed E-state index contributed by atoms with van der Waals surface area (Å²) in [6.45, 7) is 0. The van der Waals surface area contributed by atoms with Crippen molar-refractivity contribution in [1.82, 2.24) is 9.97 Å². The normalized spacial score (nSPS) is 11.3. The average Bonchev–Trinajstić information content (AvgIpc) is 2.73. The zero-order valence-electron chi connectivity index (χ0n) is 9.11. The van der Waals surface area contributed by atoms with Crippen LogP contribution < -0.4 is 0 Å². The molecule has 4 nitrogen and oxygen atoms in total. The molecule has 5 heteroatoms. The van der Waals surface area contributed by atoms with Crippen LogP contribution in [-0.4, -0.2) is 9.97 Å². The molecule has 2 aromatic rings. The molecule has 0 fully saturated rings. The minimum absolute atomic E-state index is 0.0686. The Balaban J connectivity index is 2.27. The monoisotopic (exact) mass is 252 g/mol. The Labute approximate surface area is 108 Å². The molecule has 1 aromatic carbocycles. The molecule has 1 aromatic heterocycles. The summed E-state index contributed by atoms with van der Waals surface area (Å²) in [7, 11) is 0. The topological polar surface area (TPSA) is 73.4 Å². The molecule has 0 aliphatic heterocycles. The third kappa shape index (κ3) is 1.44. The summed E-state index contributed by atoms with van der Waals surface area (Å²) in [6.07, 6.45) is 0.596. The van der Waals surface area contributed by atoms with Crippen molar-refractivity contribution in [2.75, 3.05) is 0 Å². The molecule has 0 saturated carbocycles. The minimum Gasteiger partial charge on any atom is -0.237 e. The molecule has 0 atom stereocenters. The lowest BCUT2D eigenvalue weighted by molar-refractivity contribution is 1.05. The first kappa shape index (κ1) is 10.7. The molecule has 0 bridgehead atoms. The van der Waals surface area contributed by atoms with Crippen LogP contribution in [0.15, 0.2) is 18.2 Å². The first-order valence-electron chi connectivity index (χ1n) is 5.23. The van der Waals surface area contributed by atoms with Gasteiger partial charge in [0.25, 0.3) is 0 Å². The van der Waals surface area contributed by atoms with Gasteiger partial charge in [0.1, 0.15) is 12.1 Å². The highest BCUT2D eigenvalue weighted by Crippen LogP contribution is 2.35. The van der Waals surface area contributed by atoms with Crippen LogP contribution in [-0.2, 0) is 6.42 Å². The van der Waals surface area contributed by atoms with Crippen LogP contribution >= 0.6 is 11.6 Å². The number of halogens is 1. The molecule has 3 rings (SSSR count). The van der Waals surface area contributed by atoms with Crippen LogP contribution in [0.5, 0.6) is 0 Å². The van der Waals surface area contributed by atoms with Gasteiger partial charge >= 0.3 is 0 Å². The Kier molecular flexibility index (Phi) is 2.26. The highest BCUT2D eigenvalue weighted by Gasteiger charge is 2.23. The van der Waals surface area contributed by atoms with E-state index in [0.717, 1.165) is 16.8 Å². The Hall–Kier alpha value is -2.43. The number of fused-ring (bicyclic) bond motifs is 3. The SMILES string of the molecule is N#Cc1nc2c(nc1C#N)-c1ccc(Cl)cc1C2.